The van der Waals surface area contributed by atoms with Crippen molar-refractivity contribution >= 4 is 5.91 Å². The number of nitrogens with one attached hydrogen (secondary N) is 1. The summed E-state index contributed by atoms with van der Waals surface area (Å²) >= 11 is 0. The molecule has 1 heterocycles. The minimum Gasteiger partial charge on any atom is -0.348 e. The number of aromatic nitrogens is 1. The fourth-order valence-corrected chi connectivity index (χ4v) is 1.17. The first kappa shape index (κ1) is 11.7. The Balaban J connectivity index is 2.56. The van der Waals surface area contributed by atoms with Crippen molar-refractivity contribution in [3.63, 3.8) is 0 Å². The molecule has 4 heteroatoms. The average Bonchev–Trinajstić information content (AvgIpc) is 2.29. The third kappa shape index (κ3) is 3.32. The van der Waals surface area contributed by atoms with Gasteiger partial charge in [0.2, 0.25) is 5.91 Å². The van der Waals surface area contributed by atoms with Crippen LogP contribution in [0.4, 0.5) is 0 Å². The largest absolute Gasteiger partial charge is 0.348 e. The summed E-state index contributed by atoms with van der Waals surface area (Å²) in [4.78, 5) is 15.7. The Morgan fingerprint density at radius 2 is 2.27 bits per heavy atom. The fraction of sp³-hybridized carbons (Fsp3) is 0.455. The van der Waals surface area contributed by atoms with E-state index in [-0.39, 0.29) is 17.9 Å². The van der Waals surface area contributed by atoms with E-state index < -0.39 is 0 Å². The molecule has 4 nitrogen and oxygen atoms in total. The van der Waals surface area contributed by atoms with E-state index in [0.717, 1.165) is 5.69 Å². The molecule has 0 spiro atoms. The first-order chi connectivity index (χ1) is 7.15. The van der Waals surface area contributed by atoms with Gasteiger partial charge in [-0.05, 0) is 19.1 Å². The van der Waals surface area contributed by atoms with Crippen LogP contribution in [-0.2, 0) is 4.79 Å². The van der Waals surface area contributed by atoms with Crippen LogP contribution < -0.4 is 11.1 Å². The molecule has 1 aromatic rings. The van der Waals surface area contributed by atoms with Crippen molar-refractivity contribution in [1.29, 1.82) is 0 Å². The maximum absolute atomic E-state index is 11.5. The lowest BCUT2D eigenvalue weighted by Crippen LogP contribution is -2.35. The van der Waals surface area contributed by atoms with Gasteiger partial charge in [0.1, 0.15) is 0 Å². The van der Waals surface area contributed by atoms with Gasteiger partial charge >= 0.3 is 0 Å². The van der Waals surface area contributed by atoms with E-state index in [1.165, 1.54) is 0 Å². The lowest BCUT2D eigenvalue weighted by atomic mass is 10.1. The molecule has 1 rings (SSSR count). The standard InChI is InChI=1S/C11H17N3O/c1-8(7-12)11(15)14-9(2)10-5-3-4-6-13-10/h3-6,8-9H,7,12H2,1-2H3,(H,14,15)/t8?,9-/m1/s1. The highest BCUT2D eigenvalue weighted by Crippen LogP contribution is 2.08. The van der Waals surface area contributed by atoms with Crippen LogP contribution in [0.3, 0.4) is 0 Å². The summed E-state index contributed by atoms with van der Waals surface area (Å²) in [6, 6.07) is 5.56. The summed E-state index contributed by atoms with van der Waals surface area (Å²) in [5.74, 6) is -0.188. The number of nitrogens with two attached hydrogens (primary N) is 1. The zero-order valence-electron chi connectivity index (χ0n) is 9.10. The summed E-state index contributed by atoms with van der Waals surface area (Å²) in [7, 11) is 0. The number of nitrogens with zero attached hydrogens (tertiary/aromatic N) is 1. The van der Waals surface area contributed by atoms with Gasteiger partial charge in [0.05, 0.1) is 11.7 Å². The molecular formula is C11H17N3O. The SMILES string of the molecule is CC(CN)C(=O)N[C@H](C)c1ccccn1. The Bertz CT molecular complexity index is 313. The summed E-state index contributed by atoms with van der Waals surface area (Å²) in [6.45, 7) is 4.07. The number of hydrogen-bond donors (Lipinski definition) is 2. The van der Waals surface area contributed by atoms with Crippen molar-refractivity contribution in [2.45, 2.75) is 19.9 Å². The van der Waals surface area contributed by atoms with Crippen LogP contribution >= 0.6 is 0 Å². The second-order valence-corrected chi connectivity index (χ2v) is 3.62. The lowest BCUT2D eigenvalue weighted by molar-refractivity contribution is -0.124. The lowest BCUT2D eigenvalue weighted by Gasteiger charge is -2.15. The van der Waals surface area contributed by atoms with Crippen LogP contribution in [0, 0.1) is 5.92 Å². The van der Waals surface area contributed by atoms with E-state index in [4.69, 9.17) is 5.73 Å². The zero-order valence-corrected chi connectivity index (χ0v) is 9.10. The Kier molecular flexibility index (Phi) is 4.24. The van der Waals surface area contributed by atoms with E-state index in [1.54, 1.807) is 13.1 Å². The highest BCUT2D eigenvalue weighted by Gasteiger charge is 2.14. The van der Waals surface area contributed by atoms with Gasteiger partial charge in [-0.25, -0.2) is 0 Å². The number of carbonyl (C=O) groups excluding carboxylic acids is 1. The van der Waals surface area contributed by atoms with E-state index >= 15 is 0 Å². The summed E-state index contributed by atoms with van der Waals surface area (Å²) in [6.07, 6.45) is 1.71. The van der Waals surface area contributed by atoms with E-state index in [1.807, 2.05) is 25.1 Å². The minimum atomic E-state index is -0.156. The maximum Gasteiger partial charge on any atom is 0.224 e. The number of amides is 1. The smallest absolute Gasteiger partial charge is 0.224 e. The predicted octanol–water partition coefficient (Wildman–Crippen LogP) is 0.854. The minimum absolute atomic E-state index is 0.0318. The Hall–Kier alpha value is -1.42. The molecule has 1 aromatic heterocycles. The Morgan fingerprint density at radius 3 is 2.80 bits per heavy atom. The molecule has 0 radical (unpaired) electrons. The molecule has 0 bridgehead atoms. The highest BCUT2D eigenvalue weighted by molar-refractivity contribution is 5.78. The van der Waals surface area contributed by atoms with Crippen molar-refractivity contribution in [3.05, 3.63) is 30.1 Å². The monoisotopic (exact) mass is 207 g/mol. The van der Waals surface area contributed by atoms with Gasteiger partial charge in [-0.1, -0.05) is 13.0 Å². The summed E-state index contributed by atoms with van der Waals surface area (Å²) in [5, 5.41) is 2.87. The van der Waals surface area contributed by atoms with Crippen molar-refractivity contribution in [2.75, 3.05) is 6.54 Å². The molecule has 0 saturated heterocycles. The Morgan fingerprint density at radius 1 is 1.53 bits per heavy atom. The third-order valence-corrected chi connectivity index (χ3v) is 2.29. The molecule has 1 amide bonds. The van der Waals surface area contributed by atoms with E-state index in [0.29, 0.717) is 6.54 Å². The quantitative estimate of drug-likeness (QED) is 0.769. The normalized spacial score (nSPS) is 14.3. The highest BCUT2D eigenvalue weighted by atomic mass is 16.1. The van der Waals surface area contributed by atoms with Crippen molar-refractivity contribution in [3.8, 4) is 0 Å². The Labute approximate surface area is 89.9 Å². The molecular weight excluding hydrogens is 190 g/mol. The van der Waals surface area contributed by atoms with Crippen LogP contribution in [0.1, 0.15) is 25.6 Å². The van der Waals surface area contributed by atoms with Crippen LogP contribution in [0.15, 0.2) is 24.4 Å². The molecule has 3 N–H and O–H groups in total. The molecule has 15 heavy (non-hydrogen) atoms. The van der Waals surface area contributed by atoms with Gasteiger partial charge in [-0.2, -0.15) is 0 Å². The van der Waals surface area contributed by atoms with Gasteiger partial charge in [0, 0.05) is 18.7 Å². The molecule has 0 saturated carbocycles. The number of carbonyl (C=O) groups is 1. The molecule has 0 aromatic carbocycles. The first-order valence-corrected chi connectivity index (χ1v) is 5.06. The molecule has 0 fully saturated rings. The topological polar surface area (TPSA) is 68.0 Å². The predicted molar refractivity (Wildman–Crippen MR) is 59.0 cm³/mol. The van der Waals surface area contributed by atoms with Gasteiger partial charge < -0.3 is 11.1 Å². The van der Waals surface area contributed by atoms with Crippen molar-refractivity contribution in [2.24, 2.45) is 11.7 Å². The van der Waals surface area contributed by atoms with Crippen molar-refractivity contribution in [1.82, 2.24) is 10.3 Å². The van der Waals surface area contributed by atoms with Crippen LogP contribution in [0.2, 0.25) is 0 Å². The molecule has 2 atom stereocenters. The molecule has 0 aliphatic rings. The maximum atomic E-state index is 11.5. The molecule has 82 valence electrons. The van der Waals surface area contributed by atoms with Crippen LogP contribution in [-0.4, -0.2) is 17.4 Å². The summed E-state index contributed by atoms with van der Waals surface area (Å²) in [5.41, 5.74) is 6.27. The average molecular weight is 207 g/mol. The summed E-state index contributed by atoms with van der Waals surface area (Å²) < 4.78 is 0. The van der Waals surface area contributed by atoms with E-state index in [9.17, 15) is 4.79 Å². The van der Waals surface area contributed by atoms with Gasteiger partial charge in [-0.3, -0.25) is 9.78 Å². The number of rotatable bonds is 4. The third-order valence-electron chi connectivity index (χ3n) is 2.29. The second-order valence-electron chi connectivity index (χ2n) is 3.62. The van der Waals surface area contributed by atoms with Crippen LogP contribution in [0.5, 0.6) is 0 Å². The van der Waals surface area contributed by atoms with E-state index in [2.05, 4.69) is 10.3 Å². The van der Waals surface area contributed by atoms with Crippen molar-refractivity contribution < 1.29 is 4.79 Å². The number of hydrogen-bond acceptors (Lipinski definition) is 3. The fourth-order valence-electron chi connectivity index (χ4n) is 1.17. The molecule has 1 unspecified atom stereocenters. The van der Waals surface area contributed by atoms with Crippen LogP contribution in [0.25, 0.3) is 0 Å². The number of pyridine rings is 1. The van der Waals surface area contributed by atoms with Gasteiger partial charge in [-0.15, -0.1) is 0 Å². The first-order valence-electron chi connectivity index (χ1n) is 5.06. The molecule has 0 aliphatic heterocycles. The zero-order chi connectivity index (χ0) is 11.3. The van der Waals surface area contributed by atoms with Gasteiger partial charge in [0.25, 0.3) is 0 Å². The second kappa shape index (κ2) is 5.46. The van der Waals surface area contributed by atoms with Gasteiger partial charge in [0.15, 0.2) is 0 Å². The molecule has 0 aliphatic carbocycles.